The average Bonchev–Trinajstić information content (AvgIpc) is 2.82. The molecular weight excluding hydrogens is 286 g/mol. The highest BCUT2D eigenvalue weighted by Crippen LogP contribution is 2.16. The topological polar surface area (TPSA) is 62.5 Å². The fourth-order valence-electron chi connectivity index (χ4n) is 2.82. The number of hydrogen-bond acceptors (Lipinski definition) is 6. The summed E-state index contributed by atoms with van der Waals surface area (Å²) < 4.78 is 1.41. The lowest BCUT2D eigenvalue weighted by Crippen LogP contribution is -2.34. The summed E-state index contributed by atoms with van der Waals surface area (Å²) in [6.07, 6.45) is 2.48. The zero-order valence-electron chi connectivity index (χ0n) is 12.5. The number of nitrogens with zero attached hydrogens (tertiary/aromatic N) is 4. The van der Waals surface area contributed by atoms with Crippen molar-refractivity contribution in [2.75, 3.05) is 26.7 Å². The van der Waals surface area contributed by atoms with Gasteiger partial charge >= 0.3 is 0 Å². The molecule has 0 aliphatic carbocycles. The maximum absolute atomic E-state index is 11.9. The van der Waals surface area contributed by atoms with Crippen LogP contribution in [0.2, 0.25) is 0 Å². The van der Waals surface area contributed by atoms with Crippen molar-refractivity contribution in [1.82, 2.24) is 24.8 Å². The molecule has 0 unspecified atom stereocenters. The van der Waals surface area contributed by atoms with Crippen LogP contribution in [-0.2, 0) is 6.54 Å². The Bertz CT molecular complexity index is 674. The van der Waals surface area contributed by atoms with E-state index in [9.17, 15) is 4.79 Å². The van der Waals surface area contributed by atoms with Crippen molar-refractivity contribution in [2.24, 2.45) is 5.92 Å². The van der Waals surface area contributed by atoms with Crippen molar-refractivity contribution in [3.05, 3.63) is 27.1 Å². The summed E-state index contributed by atoms with van der Waals surface area (Å²) in [5, 5.41) is 8.73. The molecule has 0 amide bonds. The first-order chi connectivity index (χ1) is 10.1. The van der Waals surface area contributed by atoms with Crippen LogP contribution in [0.5, 0.6) is 0 Å². The summed E-state index contributed by atoms with van der Waals surface area (Å²) in [6, 6.07) is 1.52. The smallest absolute Gasteiger partial charge is 0.275 e. The van der Waals surface area contributed by atoms with Crippen molar-refractivity contribution in [1.29, 1.82) is 0 Å². The number of piperidine rings is 1. The lowest BCUT2D eigenvalue weighted by atomic mass is 9.98. The molecule has 21 heavy (non-hydrogen) atoms. The number of rotatable bonds is 4. The molecule has 114 valence electrons. The van der Waals surface area contributed by atoms with Crippen LogP contribution < -0.4 is 10.9 Å². The Morgan fingerprint density at radius 1 is 1.48 bits per heavy atom. The van der Waals surface area contributed by atoms with Gasteiger partial charge in [0.25, 0.3) is 5.56 Å². The van der Waals surface area contributed by atoms with Gasteiger partial charge in [0, 0.05) is 18.3 Å². The number of aromatic nitrogens is 3. The van der Waals surface area contributed by atoms with E-state index in [-0.39, 0.29) is 5.56 Å². The Kier molecular flexibility index (Phi) is 4.32. The van der Waals surface area contributed by atoms with Gasteiger partial charge in [0.05, 0.1) is 6.54 Å². The van der Waals surface area contributed by atoms with E-state index < -0.39 is 0 Å². The summed E-state index contributed by atoms with van der Waals surface area (Å²) in [7, 11) is 2.12. The van der Waals surface area contributed by atoms with Crippen LogP contribution in [0.3, 0.4) is 0 Å². The first-order valence-corrected chi connectivity index (χ1v) is 8.19. The average molecular weight is 307 g/mol. The Balaban J connectivity index is 1.69. The zero-order chi connectivity index (χ0) is 14.8. The molecule has 3 heterocycles. The van der Waals surface area contributed by atoms with Gasteiger partial charge in [-0.1, -0.05) is 11.3 Å². The van der Waals surface area contributed by atoms with Gasteiger partial charge in [0.15, 0.2) is 0 Å². The highest BCUT2D eigenvalue weighted by molar-refractivity contribution is 7.16. The maximum Gasteiger partial charge on any atom is 0.275 e. The minimum absolute atomic E-state index is 0.0963. The second-order valence-electron chi connectivity index (χ2n) is 5.82. The second kappa shape index (κ2) is 6.21. The second-order valence-corrected chi connectivity index (χ2v) is 6.86. The number of fused-ring (bicyclic) bond motifs is 1. The van der Waals surface area contributed by atoms with E-state index in [4.69, 9.17) is 0 Å². The molecule has 7 heteroatoms. The van der Waals surface area contributed by atoms with Gasteiger partial charge in [0.1, 0.15) is 5.01 Å². The van der Waals surface area contributed by atoms with Gasteiger partial charge < -0.3 is 5.32 Å². The summed E-state index contributed by atoms with van der Waals surface area (Å²) in [6.45, 7) is 5.94. The molecule has 0 spiro atoms. The lowest BCUT2D eigenvalue weighted by Gasteiger charge is -2.26. The standard InChI is InChI=1S/C14H21N5OS/c1-10-7-13(20)19-14(16-10)21-12(17-19)9-18(2)8-11-3-5-15-6-4-11/h7,11,15H,3-6,8-9H2,1-2H3. The van der Waals surface area contributed by atoms with Gasteiger partial charge in [-0.3, -0.25) is 9.69 Å². The third kappa shape index (κ3) is 3.48. The van der Waals surface area contributed by atoms with E-state index in [2.05, 4.69) is 27.3 Å². The Morgan fingerprint density at radius 2 is 2.24 bits per heavy atom. The molecule has 1 saturated heterocycles. The van der Waals surface area contributed by atoms with Crippen molar-refractivity contribution in [3.63, 3.8) is 0 Å². The predicted molar refractivity (Wildman–Crippen MR) is 83.8 cm³/mol. The molecule has 0 bridgehead atoms. The Labute approximate surface area is 127 Å². The molecule has 6 nitrogen and oxygen atoms in total. The van der Waals surface area contributed by atoms with Crippen LogP contribution in [0.4, 0.5) is 0 Å². The molecule has 0 radical (unpaired) electrons. The van der Waals surface area contributed by atoms with Crippen molar-refractivity contribution >= 4 is 16.3 Å². The summed E-state index contributed by atoms with van der Waals surface area (Å²) >= 11 is 1.50. The van der Waals surface area contributed by atoms with E-state index in [1.807, 2.05) is 6.92 Å². The fraction of sp³-hybridized carbons (Fsp3) is 0.643. The van der Waals surface area contributed by atoms with Gasteiger partial charge in [-0.2, -0.15) is 9.61 Å². The predicted octanol–water partition coefficient (Wildman–Crippen LogP) is 0.891. The van der Waals surface area contributed by atoms with E-state index in [1.165, 1.54) is 34.8 Å². The summed E-state index contributed by atoms with van der Waals surface area (Å²) in [5.74, 6) is 0.758. The monoisotopic (exact) mass is 307 g/mol. The number of aryl methyl sites for hydroxylation is 1. The Hall–Kier alpha value is -1.31. The molecule has 3 rings (SSSR count). The van der Waals surface area contributed by atoms with Crippen LogP contribution in [0, 0.1) is 12.8 Å². The van der Waals surface area contributed by atoms with Crippen molar-refractivity contribution in [3.8, 4) is 0 Å². The minimum Gasteiger partial charge on any atom is -0.317 e. The molecule has 2 aromatic rings. The van der Waals surface area contributed by atoms with Gasteiger partial charge in [-0.25, -0.2) is 4.98 Å². The van der Waals surface area contributed by atoms with Crippen molar-refractivity contribution in [2.45, 2.75) is 26.3 Å². The maximum atomic E-state index is 11.9. The molecule has 2 aromatic heterocycles. The first kappa shape index (κ1) is 14.6. The normalized spacial score (nSPS) is 16.9. The molecule has 0 saturated carbocycles. The van der Waals surface area contributed by atoms with Gasteiger partial charge in [0.2, 0.25) is 4.96 Å². The van der Waals surface area contributed by atoms with Gasteiger partial charge in [-0.15, -0.1) is 0 Å². The van der Waals surface area contributed by atoms with E-state index in [1.54, 1.807) is 0 Å². The fourth-order valence-corrected chi connectivity index (χ4v) is 3.85. The zero-order valence-corrected chi connectivity index (χ0v) is 13.3. The van der Waals surface area contributed by atoms with Gasteiger partial charge in [-0.05, 0) is 45.8 Å². The van der Waals surface area contributed by atoms with E-state index in [0.29, 0.717) is 4.96 Å². The highest BCUT2D eigenvalue weighted by Gasteiger charge is 2.16. The Morgan fingerprint density at radius 3 is 3.00 bits per heavy atom. The lowest BCUT2D eigenvalue weighted by molar-refractivity contribution is 0.234. The molecule has 0 atom stereocenters. The van der Waals surface area contributed by atoms with Crippen LogP contribution in [0.1, 0.15) is 23.5 Å². The summed E-state index contributed by atoms with van der Waals surface area (Å²) in [4.78, 5) is 19.2. The van der Waals surface area contributed by atoms with Crippen LogP contribution >= 0.6 is 11.3 Å². The number of hydrogen-bond donors (Lipinski definition) is 1. The number of nitrogens with one attached hydrogen (secondary N) is 1. The highest BCUT2D eigenvalue weighted by atomic mass is 32.1. The molecule has 0 aromatic carbocycles. The largest absolute Gasteiger partial charge is 0.317 e. The van der Waals surface area contributed by atoms with Crippen LogP contribution in [0.25, 0.3) is 4.96 Å². The molecule has 1 aliphatic rings. The molecule has 1 fully saturated rings. The SMILES string of the molecule is Cc1cc(=O)n2nc(CN(C)CC3CCNCC3)sc2n1. The molecule has 1 N–H and O–H groups in total. The van der Waals surface area contributed by atoms with E-state index >= 15 is 0 Å². The first-order valence-electron chi connectivity index (χ1n) is 7.37. The minimum atomic E-state index is -0.0963. The van der Waals surface area contributed by atoms with Crippen molar-refractivity contribution < 1.29 is 0 Å². The quantitative estimate of drug-likeness (QED) is 0.909. The third-order valence-corrected chi connectivity index (χ3v) is 4.74. The molecular formula is C14H21N5OS. The molecule has 1 aliphatic heterocycles. The van der Waals surface area contributed by atoms with E-state index in [0.717, 1.165) is 42.8 Å². The summed E-state index contributed by atoms with van der Waals surface area (Å²) in [5.41, 5.74) is 0.652. The van der Waals surface area contributed by atoms with Crippen LogP contribution in [0.15, 0.2) is 10.9 Å². The third-order valence-electron chi connectivity index (χ3n) is 3.85. The van der Waals surface area contributed by atoms with Crippen LogP contribution in [-0.4, -0.2) is 46.2 Å².